The molecule has 0 bridgehead atoms. The van der Waals surface area contributed by atoms with Crippen LogP contribution in [0.3, 0.4) is 0 Å². The SMILES string of the molecule is CC(C)(C)OC(=O)NCC1=CCCC=C1CCC(=O)O. The molecule has 0 unspecified atom stereocenters. The van der Waals surface area contributed by atoms with Gasteiger partial charge in [-0.25, -0.2) is 4.79 Å². The number of carbonyl (C=O) groups is 2. The Bertz CT molecular complexity index is 430. The molecule has 0 heterocycles. The number of carboxylic acid groups (broad SMARTS) is 1. The number of amides is 1. The Labute approximate surface area is 119 Å². The van der Waals surface area contributed by atoms with Crippen LogP contribution in [-0.2, 0) is 9.53 Å². The van der Waals surface area contributed by atoms with E-state index in [0.29, 0.717) is 13.0 Å². The molecule has 0 aliphatic heterocycles. The molecule has 5 nitrogen and oxygen atoms in total. The lowest BCUT2D eigenvalue weighted by Gasteiger charge is -2.21. The highest BCUT2D eigenvalue weighted by Gasteiger charge is 2.17. The van der Waals surface area contributed by atoms with Gasteiger partial charge in [0.15, 0.2) is 0 Å². The highest BCUT2D eigenvalue weighted by Crippen LogP contribution is 2.22. The van der Waals surface area contributed by atoms with E-state index in [0.717, 1.165) is 24.0 Å². The van der Waals surface area contributed by atoms with Gasteiger partial charge in [-0.1, -0.05) is 12.2 Å². The topological polar surface area (TPSA) is 75.6 Å². The fourth-order valence-electron chi connectivity index (χ4n) is 1.95. The fourth-order valence-corrected chi connectivity index (χ4v) is 1.95. The average Bonchev–Trinajstić information content (AvgIpc) is 2.32. The second kappa shape index (κ2) is 7.12. The summed E-state index contributed by atoms with van der Waals surface area (Å²) in [5, 5.41) is 11.4. The third kappa shape index (κ3) is 6.41. The Morgan fingerprint density at radius 1 is 1.25 bits per heavy atom. The van der Waals surface area contributed by atoms with Crippen LogP contribution in [0.5, 0.6) is 0 Å². The summed E-state index contributed by atoms with van der Waals surface area (Å²) < 4.78 is 5.17. The van der Waals surface area contributed by atoms with Gasteiger partial charge in [0, 0.05) is 13.0 Å². The summed E-state index contributed by atoms with van der Waals surface area (Å²) in [4.78, 5) is 22.2. The monoisotopic (exact) mass is 281 g/mol. The Balaban J connectivity index is 2.48. The molecule has 5 heteroatoms. The van der Waals surface area contributed by atoms with E-state index >= 15 is 0 Å². The van der Waals surface area contributed by atoms with E-state index in [2.05, 4.69) is 17.5 Å². The second-order valence-corrected chi connectivity index (χ2v) is 5.79. The number of alkyl carbamates (subject to hydrolysis) is 1. The number of hydrogen-bond donors (Lipinski definition) is 2. The van der Waals surface area contributed by atoms with Crippen LogP contribution < -0.4 is 5.32 Å². The van der Waals surface area contributed by atoms with Gasteiger partial charge in [0.1, 0.15) is 5.60 Å². The molecule has 0 radical (unpaired) electrons. The minimum atomic E-state index is -0.809. The minimum Gasteiger partial charge on any atom is -0.481 e. The van der Waals surface area contributed by atoms with E-state index in [4.69, 9.17) is 9.84 Å². The summed E-state index contributed by atoms with van der Waals surface area (Å²) in [7, 11) is 0. The van der Waals surface area contributed by atoms with Crippen molar-refractivity contribution in [1.29, 1.82) is 0 Å². The van der Waals surface area contributed by atoms with Crippen molar-refractivity contribution in [3.63, 3.8) is 0 Å². The van der Waals surface area contributed by atoms with Crippen LogP contribution in [-0.4, -0.2) is 29.3 Å². The Morgan fingerprint density at radius 2 is 1.85 bits per heavy atom. The van der Waals surface area contributed by atoms with E-state index in [1.54, 1.807) is 0 Å². The van der Waals surface area contributed by atoms with Gasteiger partial charge in [-0.05, 0) is 51.2 Å². The molecule has 1 rings (SSSR count). The maximum Gasteiger partial charge on any atom is 0.407 e. The van der Waals surface area contributed by atoms with Gasteiger partial charge < -0.3 is 15.2 Å². The molecule has 0 fully saturated rings. The van der Waals surface area contributed by atoms with Crippen LogP contribution in [0.1, 0.15) is 46.5 Å². The molecule has 112 valence electrons. The van der Waals surface area contributed by atoms with Crippen LogP contribution in [0, 0.1) is 0 Å². The van der Waals surface area contributed by atoms with Crippen molar-refractivity contribution in [3.8, 4) is 0 Å². The summed E-state index contributed by atoms with van der Waals surface area (Å²) in [5.41, 5.74) is 1.48. The number of rotatable bonds is 5. The molecule has 0 saturated heterocycles. The molecule has 0 aromatic heterocycles. The maximum absolute atomic E-state index is 11.6. The van der Waals surface area contributed by atoms with Crippen molar-refractivity contribution in [1.82, 2.24) is 5.32 Å². The van der Waals surface area contributed by atoms with E-state index in [9.17, 15) is 9.59 Å². The summed E-state index contributed by atoms with van der Waals surface area (Å²) in [6.07, 6.45) is 6.09. The molecule has 1 aliphatic carbocycles. The van der Waals surface area contributed by atoms with Crippen LogP contribution >= 0.6 is 0 Å². The Hall–Kier alpha value is -1.78. The first-order valence-electron chi connectivity index (χ1n) is 6.85. The number of nitrogens with one attached hydrogen (secondary N) is 1. The zero-order valence-electron chi connectivity index (χ0n) is 12.4. The summed E-state index contributed by atoms with van der Waals surface area (Å²) in [5.74, 6) is -0.809. The van der Waals surface area contributed by atoms with Gasteiger partial charge in [-0.3, -0.25) is 4.79 Å². The number of allylic oxidation sites excluding steroid dienone is 2. The van der Waals surface area contributed by atoms with Crippen molar-refractivity contribution in [3.05, 3.63) is 23.3 Å². The van der Waals surface area contributed by atoms with Gasteiger partial charge in [0.2, 0.25) is 0 Å². The summed E-state index contributed by atoms with van der Waals surface area (Å²) in [6.45, 7) is 5.81. The first-order valence-corrected chi connectivity index (χ1v) is 6.85. The second-order valence-electron chi connectivity index (χ2n) is 5.79. The van der Waals surface area contributed by atoms with Crippen LogP contribution in [0.2, 0.25) is 0 Å². The van der Waals surface area contributed by atoms with Gasteiger partial charge in [0.25, 0.3) is 0 Å². The molecule has 1 amide bonds. The number of hydrogen-bond acceptors (Lipinski definition) is 3. The smallest absolute Gasteiger partial charge is 0.407 e. The number of ether oxygens (including phenoxy) is 1. The Morgan fingerprint density at radius 3 is 2.40 bits per heavy atom. The van der Waals surface area contributed by atoms with Gasteiger partial charge >= 0.3 is 12.1 Å². The highest BCUT2D eigenvalue weighted by atomic mass is 16.6. The minimum absolute atomic E-state index is 0.107. The van der Waals surface area contributed by atoms with Crippen molar-refractivity contribution in [2.24, 2.45) is 0 Å². The molecule has 0 saturated carbocycles. The predicted octanol–water partition coefficient (Wildman–Crippen LogP) is 3.02. The zero-order chi connectivity index (χ0) is 15.2. The third-order valence-corrected chi connectivity index (χ3v) is 2.79. The van der Waals surface area contributed by atoms with Crippen molar-refractivity contribution >= 4 is 12.1 Å². The van der Waals surface area contributed by atoms with E-state index in [1.807, 2.05) is 20.8 Å². The first kappa shape index (κ1) is 16.3. The van der Waals surface area contributed by atoms with Crippen molar-refractivity contribution in [2.75, 3.05) is 6.54 Å². The lowest BCUT2D eigenvalue weighted by atomic mass is 9.94. The highest BCUT2D eigenvalue weighted by molar-refractivity contribution is 5.69. The average molecular weight is 281 g/mol. The molecule has 1 aliphatic rings. The molecule has 0 aromatic carbocycles. The lowest BCUT2D eigenvalue weighted by molar-refractivity contribution is -0.136. The molecule has 0 atom stereocenters. The van der Waals surface area contributed by atoms with Gasteiger partial charge in [-0.2, -0.15) is 0 Å². The number of carboxylic acids is 1. The molecule has 20 heavy (non-hydrogen) atoms. The van der Waals surface area contributed by atoms with E-state index in [-0.39, 0.29) is 6.42 Å². The lowest BCUT2D eigenvalue weighted by Crippen LogP contribution is -2.33. The van der Waals surface area contributed by atoms with E-state index in [1.165, 1.54) is 0 Å². The zero-order valence-corrected chi connectivity index (χ0v) is 12.4. The standard InChI is InChI=1S/C15H23NO4/c1-15(2,3)20-14(19)16-10-12-7-5-4-6-11(12)8-9-13(17)18/h6-7H,4-5,8-10H2,1-3H3,(H,16,19)(H,17,18). The maximum atomic E-state index is 11.6. The van der Waals surface area contributed by atoms with Crippen molar-refractivity contribution in [2.45, 2.75) is 52.1 Å². The fraction of sp³-hybridized carbons (Fsp3) is 0.600. The van der Waals surface area contributed by atoms with Crippen LogP contribution in [0.4, 0.5) is 4.79 Å². The molecule has 2 N–H and O–H groups in total. The summed E-state index contributed by atoms with van der Waals surface area (Å²) >= 11 is 0. The molecule has 0 aromatic rings. The number of aliphatic carboxylic acids is 1. The normalized spacial score (nSPS) is 15.2. The molecule has 0 spiro atoms. The quantitative estimate of drug-likeness (QED) is 0.812. The number of carbonyl (C=O) groups excluding carboxylic acids is 1. The predicted molar refractivity (Wildman–Crippen MR) is 76.5 cm³/mol. The van der Waals surface area contributed by atoms with Crippen LogP contribution in [0.15, 0.2) is 23.3 Å². The Kier molecular flexibility index (Phi) is 5.80. The van der Waals surface area contributed by atoms with Gasteiger partial charge in [0.05, 0.1) is 0 Å². The largest absolute Gasteiger partial charge is 0.481 e. The first-order chi connectivity index (χ1) is 9.28. The third-order valence-electron chi connectivity index (χ3n) is 2.79. The summed E-state index contributed by atoms with van der Waals surface area (Å²) in [6, 6.07) is 0. The van der Waals surface area contributed by atoms with Crippen molar-refractivity contribution < 1.29 is 19.4 Å². The van der Waals surface area contributed by atoms with Crippen LogP contribution in [0.25, 0.3) is 0 Å². The van der Waals surface area contributed by atoms with Gasteiger partial charge in [-0.15, -0.1) is 0 Å². The molecular weight excluding hydrogens is 258 g/mol. The molecular formula is C15H23NO4. The van der Waals surface area contributed by atoms with E-state index < -0.39 is 17.7 Å².